The van der Waals surface area contributed by atoms with Gasteiger partial charge in [-0.1, -0.05) is 30.3 Å². The second kappa shape index (κ2) is 7.66. The van der Waals surface area contributed by atoms with Gasteiger partial charge in [-0.15, -0.1) is 11.3 Å². The molecule has 1 fully saturated rings. The number of nitrogens with zero attached hydrogens (tertiary/aromatic N) is 2. The number of hydrogen-bond acceptors (Lipinski definition) is 5. The Hall–Kier alpha value is -2.08. The first kappa shape index (κ1) is 16.8. The molecule has 0 bridgehead atoms. The van der Waals surface area contributed by atoms with E-state index in [-0.39, 0.29) is 12.2 Å². The number of anilines is 1. The van der Waals surface area contributed by atoms with Gasteiger partial charge in [0.2, 0.25) is 0 Å². The molecule has 0 unspecified atom stereocenters. The Bertz CT molecular complexity index is 664. The number of hydrogen-bond donors (Lipinski definition) is 1. The third-order valence-corrected chi connectivity index (χ3v) is 4.76. The SMILES string of the molecule is CC(C)OC(=O)N1CCC(Nc2nc(-c3ccccc3)cs2)CC1. The molecule has 0 atom stereocenters. The fourth-order valence-electron chi connectivity index (χ4n) is 2.74. The van der Waals surface area contributed by atoms with E-state index in [1.54, 1.807) is 16.2 Å². The number of ether oxygens (including phenoxy) is 1. The molecule has 0 spiro atoms. The van der Waals surface area contributed by atoms with Crippen LogP contribution in [0.1, 0.15) is 26.7 Å². The summed E-state index contributed by atoms with van der Waals surface area (Å²) in [6.45, 7) is 5.19. The normalized spacial score (nSPS) is 15.5. The molecule has 1 aliphatic heterocycles. The van der Waals surface area contributed by atoms with Gasteiger partial charge < -0.3 is 15.0 Å². The van der Waals surface area contributed by atoms with Crippen LogP contribution in [0.15, 0.2) is 35.7 Å². The summed E-state index contributed by atoms with van der Waals surface area (Å²) in [7, 11) is 0. The van der Waals surface area contributed by atoms with Gasteiger partial charge >= 0.3 is 6.09 Å². The van der Waals surface area contributed by atoms with Crippen LogP contribution in [-0.2, 0) is 4.74 Å². The van der Waals surface area contributed by atoms with Gasteiger partial charge in [0.1, 0.15) is 0 Å². The van der Waals surface area contributed by atoms with Crippen LogP contribution in [0.25, 0.3) is 11.3 Å². The van der Waals surface area contributed by atoms with Crippen LogP contribution in [0, 0.1) is 0 Å². The minimum Gasteiger partial charge on any atom is -0.447 e. The first-order valence-electron chi connectivity index (χ1n) is 8.35. The van der Waals surface area contributed by atoms with Crippen molar-refractivity contribution < 1.29 is 9.53 Å². The molecule has 5 nitrogen and oxygen atoms in total. The Morgan fingerprint density at radius 1 is 1.29 bits per heavy atom. The zero-order chi connectivity index (χ0) is 16.9. The lowest BCUT2D eigenvalue weighted by Crippen LogP contribution is -2.43. The molecule has 0 saturated carbocycles. The minimum absolute atomic E-state index is 0.0694. The van der Waals surface area contributed by atoms with E-state index >= 15 is 0 Å². The van der Waals surface area contributed by atoms with E-state index in [4.69, 9.17) is 4.74 Å². The number of thiazole rings is 1. The molecule has 24 heavy (non-hydrogen) atoms. The van der Waals surface area contributed by atoms with Crippen molar-refractivity contribution in [3.63, 3.8) is 0 Å². The van der Waals surface area contributed by atoms with Crippen molar-refractivity contribution in [2.45, 2.75) is 38.8 Å². The highest BCUT2D eigenvalue weighted by Crippen LogP contribution is 2.26. The van der Waals surface area contributed by atoms with E-state index in [9.17, 15) is 4.79 Å². The van der Waals surface area contributed by atoms with Gasteiger partial charge in [0.25, 0.3) is 0 Å². The fourth-order valence-corrected chi connectivity index (χ4v) is 3.54. The number of aromatic nitrogens is 1. The first-order valence-corrected chi connectivity index (χ1v) is 9.23. The van der Waals surface area contributed by atoms with Crippen LogP contribution in [-0.4, -0.2) is 41.2 Å². The van der Waals surface area contributed by atoms with Gasteiger partial charge in [-0.3, -0.25) is 0 Å². The third kappa shape index (κ3) is 4.26. The Morgan fingerprint density at radius 3 is 2.67 bits per heavy atom. The summed E-state index contributed by atoms with van der Waals surface area (Å²) < 4.78 is 5.25. The van der Waals surface area contributed by atoms with Crippen molar-refractivity contribution in [1.82, 2.24) is 9.88 Å². The van der Waals surface area contributed by atoms with Gasteiger partial charge in [-0.2, -0.15) is 0 Å². The standard InChI is InChI=1S/C18H23N3O2S/c1-13(2)23-18(22)21-10-8-15(9-11-21)19-17-20-16(12-24-17)14-6-4-3-5-7-14/h3-7,12-13,15H,8-11H2,1-2H3,(H,19,20). The van der Waals surface area contributed by atoms with E-state index in [1.807, 2.05) is 32.0 Å². The molecule has 1 N–H and O–H groups in total. The Balaban J connectivity index is 1.52. The van der Waals surface area contributed by atoms with Crippen LogP contribution >= 0.6 is 11.3 Å². The largest absolute Gasteiger partial charge is 0.447 e. The summed E-state index contributed by atoms with van der Waals surface area (Å²) >= 11 is 1.63. The molecule has 3 rings (SSSR count). The summed E-state index contributed by atoms with van der Waals surface area (Å²) in [6.07, 6.45) is 1.55. The molecule has 128 valence electrons. The Labute approximate surface area is 146 Å². The lowest BCUT2D eigenvalue weighted by atomic mass is 10.1. The molecule has 6 heteroatoms. The molecule has 1 aromatic heterocycles. The number of amides is 1. The van der Waals surface area contributed by atoms with Gasteiger partial charge in [-0.05, 0) is 26.7 Å². The number of rotatable bonds is 4. The highest BCUT2D eigenvalue weighted by atomic mass is 32.1. The molecule has 2 aromatic rings. The summed E-state index contributed by atoms with van der Waals surface area (Å²) in [5.41, 5.74) is 2.13. The quantitative estimate of drug-likeness (QED) is 0.901. The van der Waals surface area contributed by atoms with E-state index in [0.29, 0.717) is 6.04 Å². The fraction of sp³-hybridized carbons (Fsp3) is 0.444. The highest BCUT2D eigenvalue weighted by Gasteiger charge is 2.24. The molecule has 1 aliphatic rings. The molecule has 1 amide bonds. The number of likely N-dealkylation sites (tertiary alicyclic amines) is 1. The average molecular weight is 345 g/mol. The third-order valence-electron chi connectivity index (χ3n) is 3.99. The first-order chi connectivity index (χ1) is 11.6. The van der Waals surface area contributed by atoms with Gasteiger partial charge in [0, 0.05) is 30.1 Å². The Kier molecular flexibility index (Phi) is 5.35. The number of benzene rings is 1. The van der Waals surface area contributed by atoms with Crippen LogP contribution in [0.2, 0.25) is 0 Å². The predicted molar refractivity (Wildman–Crippen MR) is 97.4 cm³/mol. The minimum atomic E-state index is -0.205. The van der Waals surface area contributed by atoms with Crippen molar-refractivity contribution in [2.24, 2.45) is 0 Å². The van der Waals surface area contributed by atoms with Crippen LogP contribution < -0.4 is 5.32 Å². The van der Waals surface area contributed by atoms with Crippen molar-refractivity contribution in [2.75, 3.05) is 18.4 Å². The molecule has 1 aromatic carbocycles. The zero-order valence-corrected chi connectivity index (χ0v) is 14.9. The molecule has 2 heterocycles. The smallest absolute Gasteiger partial charge is 0.410 e. The average Bonchev–Trinajstić information content (AvgIpc) is 3.04. The van der Waals surface area contributed by atoms with Crippen LogP contribution in [0.4, 0.5) is 9.93 Å². The van der Waals surface area contributed by atoms with Crippen LogP contribution in [0.3, 0.4) is 0 Å². The van der Waals surface area contributed by atoms with E-state index in [1.165, 1.54) is 0 Å². The molecule has 0 aliphatic carbocycles. The van der Waals surface area contributed by atoms with E-state index in [0.717, 1.165) is 42.3 Å². The topological polar surface area (TPSA) is 54.5 Å². The lowest BCUT2D eigenvalue weighted by molar-refractivity contribution is 0.0701. The molecule has 0 radical (unpaired) electrons. The maximum absolute atomic E-state index is 11.9. The number of nitrogens with one attached hydrogen (secondary N) is 1. The summed E-state index contributed by atoms with van der Waals surface area (Å²) in [6, 6.07) is 10.5. The second-order valence-corrected chi connectivity index (χ2v) is 7.10. The van der Waals surface area contributed by atoms with Crippen molar-refractivity contribution in [3.05, 3.63) is 35.7 Å². The van der Waals surface area contributed by atoms with Gasteiger partial charge in [-0.25, -0.2) is 9.78 Å². The molecular weight excluding hydrogens is 322 g/mol. The zero-order valence-electron chi connectivity index (χ0n) is 14.1. The summed E-state index contributed by atoms with van der Waals surface area (Å²) in [4.78, 5) is 18.4. The monoisotopic (exact) mass is 345 g/mol. The predicted octanol–water partition coefficient (Wildman–Crippen LogP) is 4.23. The lowest BCUT2D eigenvalue weighted by Gasteiger charge is -2.32. The van der Waals surface area contributed by atoms with E-state index < -0.39 is 0 Å². The molecular formula is C18H23N3O2S. The number of carbonyl (C=O) groups excluding carboxylic acids is 1. The maximum atomic E-state index is 11.9. The van der Waals surface area contributed by atoms with Crippen LogP contribution in [0.5, 0.6) is 0 Å². The van der Waals surface area contributed by atoms with Gasteiger partial charge in [0.05, 0.1) is 11.8 Å². The van der Waals surface area contributed by atoms with Crippen molar-refractivity contribution in [3.8, 4) is 11.3 Å². The maximum Gasteiger partial charge on any atom is 0.410 e. The Morgan fingerprint density at radius 2 is 2.00 bits per heavy atom. The molecule has 1 saturated heterocycles. The number of carbonyl (C=O) groups is 1. The van der Waals surface area contributed by atoms with Crippen molar-refractivity contribution >= 4 is 22.6 Å². The summed E-state index contributed by atoms with van der Waals surface area (Å²) in [5, 5.41) is 6.52. The summed E-state index contributed by atoms with van der Waals surface area (Å²) in [5.74, 6) is 0. The van der Waals surface area contributed by atoms with E-state index in [2.05, 4.69) is 27.8 Å². The van der Waals surface area contributed by atoms with Crippen molar-refractivity contribution in [1.29, 1.82) is 0 Å². The second-order valence-electron chi connectivity index (χ2n) is 6.24. The highest BCUT2D eigenvalue weighted by molar-refractivity contribution is 7.14. The number of piperidine rings is 1. The van der Waals surface area contributed by atoms with Gasteiger partial charge in [0.15, 0.2) is 5.13 Å².